The summed E-state index contributed by atoms with van der Waals surface area (Å²) in [5.41, 5.74) is 1.97. The van der Waals surface area contributed by atoms with Crippen LogP contribution in [0.4, 0.5) is 10.6 Å². The Morgan fingerprint density at radius 2 is 2.00 bits per heavy atom. The van der Waals surface area contributed by atoms with Crippen LogP contribution in [0.3, 0.4) is 0 Å². The molecule has 0 aliphatic heterocycles. The van der Waals surface area contributed by atoms with E-state index in [0.717, 1.165) is 11.3 Å². The number of hydrogen-bond donors (Lipinski definition) is 3. The Morgan fingerprint density at radius 1 is 1.29 bits per heavy atom. The van der Waals surface area contributed by atoms with Gasteiger partial charge in [0.05, 0.1) is 18.3 Å². The normalized spacial score (nSPS) is 13.3. The first-order valence-electron chi connectivity index (χ1n) is 8.25. The van der Waals surface area contributed by atoms with E-state index >= 15 is 0 Å². The van der Waals surface area contributed by atoms with Crippen LogP contribution >= 0.6 is 0 Å². The van der Waals surface area contributed by atoms with Crippen molar-refractivity contribution in [3.63, 3.8) is 0 Å². The van der Waals surface area contributed by atoms with Crippen molar-refractivity contribution in [2.75, 3.05) is 11.9 Å². The Bertz CT molecular complexity index is 652. The van der Waals surface area contributed by atoms with E-state index in [-0.39, 0.29) is 18.1 Å². The van der Waals surface area contributed by atoms with Crippen LogP contribution in [-0.2, 0) is 6.54 Å². The number of amides is 2. The van der Waals surface area contributed by atoms with Gasteiger partial charge in [0.25, 0.3) is 0 Å². The minimum Gasteiger partial charge on any atom is -0.393 e. The Hall–Kier alpha value is -2.34. The highest BCUT2D eigenvalue weighted by Crippen LogP contribution is 2.13. The monoisotopic (exact) mass is 330 g/mol. The molecule has 1 aromatic heterocycles. The fourth-order valence-electron chi connectivity index (χ4n) is 2.62. The molecule has 0 saturated heterocycles. The number of aliphatic hydroxyl groups is 1. The van der Waals surface area contributed by atoms with Crippen molar-refractivity contribution >= 4 is 11.8 Å². The van der Waals surface area contributed by atoms with E-state index in [1.54, 1.807) is 11.6 Å². The summed E-state index contributed by atoms with van der Waals surface area (Å²) in [4.78, 5) is 12.1. The van der Waals surface area contributed by atoms with Crippen molar-refractivity contribution < 1.29 is 9.90 Å². The highest BCUT2D eigenvalue weighted by atomic mass is 16.3. The molecule has 1 heterocycles. The van der Waals surface area contributed by atoms with Crippen LogP contribution in [0.25, 0.3) is 0 Å². The molecule has 0 saturated carbocycles. The molecule has 0 aliphatic rings. The number of nitrogens with zero attached hydrogens (tertiary/aromatic N) is 2. The molecule has 0 aliphatic carbocycles. The molecular weight excluding hydrogens is 304 g/mol. The lowest BCUT2D eigenvalue weighted by atomic mass is 10.1. The number of hydrogen-bond acceptors (Lipinski definition) is 3. The number of carbonyl (C=O) groups excluding carboxylic acids is 1. The van der Waals surface area contributed by atoms with Gasteiger partial charge in [0, 0.05) is 12.6 Å². The van der Waals surface area contributed by atoms with E-state index in [4.69, 9.17) is 0 Å². The van der Waals surface area contributed by atoms with Crippen LogP contribution in [0.15, 0.2) is 36.4 Å². The quantitative estimate of drug-likeness (QED) is 0.730. The number of nitrogens with one attached hydrogen (secondary N) is 2. The average molecular weight is 330 g/mol. The summed E-state index contributed by atoms with van der Waals surface area (Å²) in [6.45, 7) is 6.76. The standard InChI is InChI=1S/C18H26N4O2/c1-13(9-15(3)23)11-19-18(24)20-17-10-14(2)21-22(17)12-16-7-5-4-6-8-16/h4-8,10,13,15,23H,9,11-12H2,1-3H3,(H2,19,20,24). The highest BCUT2D eigenvalue weighted by molar-refractivity contribution is 5.88. The van der Waals surface area contributed by atoms with Crippen molar-refractivity contribution in [1.82, 2.24) is 15.1 Å². The van der Waals surface area contributed by atoms with Crippen molar-refractivity contribution in [1.29, 1.82) is 0 Å². The maximum absolute atomic E-state index is 12.1. The van der Waals surface area contributed by atoms with Crippen molar-refractivity contribution in [2.24, 2.45) is 5.92 Å². The van der Waals surface area contributed by atoms with Gasteiger partial charge in [-0.25, -0.2) is 9.48 Å². The number of aromatic nitrogens is 2. The number of rotatable bonds is 7. The topological polar surface area (TPSA) is 79.2 Å². The van der Waals surface area contributed by atoms with Crippen molar-refractivity contribution in [3.8, 4) is 0 Å². The molecule has 0 fully saturated rings. The third kappa shape index (κ3) is 5.70. The lowest BCUT2D eigenvalue weighted by Gasteiger charge is -2.15. The first kappa shape index (κ1) is 18.0. The van der Waals surface area contributed by atoms with Gasteiger partial charge in [-0.15, -0.1) is 0 Å². The minimum atomic E-state index is -0.361. The second kappa shape index (κ2) is 8.49. The minimum absolute atomic E-state index is 0.215. The first-order chi connectivity index (χ1) is 11.4. The van der Waals surface area contributed by atoms with E-state index in [2.05, 4.69) is 15.7 Å². The fraction of sp³-hybridized carbons (Fsp3) is 0.444. The summed E-state index contributed by atoms with van der Waals surface area (Å²) < 4.78 is 1.78. The predicted octanol–water partition coefficient (Wildman–Crippen LogP) is 2.77. The van der Waals surface area contributed by atoms with Gasteiger partial charge >= 0.3 is 6.03 Å². The zero-order valence-electron chi connectivity index (χ0n) is 14.5. The summed E-state index contributed by atoms with van der Waals surface area (Å²) in [5, 5.41) is 19.5. The van der Waals surface area contributed by atoms with Crippen LogP contribution in [-0.4, -0.2) is 33.6 Å². The van der Waals surface area contributed by atoms with Gasteiger partial charge in [0.15, 0.2) is 0 Å². The maximum atomic E-state index is 12.1. The molecule has 2 amide bonds. The molecule has 0 radical (unpaired) electrons. The lowest BCUT2D eigenvalue weighted by molar-refractivity contribution is 0.163. The smallest absolute Gasteiger partial charge is 0.320 e. The Balaban J connectivity index is 1.93. The summed E-state index contributed by atoms with van der Waals surface area (Å²) >= 11 is 0. The highest BCUT2D eigenvalue weighted by Gasteiger charge is 2.11. The van der Waals surface area contributed by atoms with Gasteiger partial charge in [-0.3, -0.25) is 5.32 Å². The molecule has 3 N–H and O–H groups in total. The Kier molecular flexibility index (Phi) is 6.37. The molecule has 2 atom stereocenters. The van der Waals surface area contributed by atoms with E-state index in [1.807, 2.05) is 50.2 Å². The molecule has 2 unspecified atom stereocenters. The number of aryl methyl sites for hydroxylation is 1. The molecule has 1 aromatic carbocycles. The van der Waals surface area contributed by atoms with Gasteiger partial charge in [-0.05, 0) is 31.7 Å². The molecule has 130 valence electrons. The third-order valence-electron chi connectivity index (χ3n) is 3.67. The Labute approximate surface area is 142 Å². The Morgan fingerprint density at radius 3 is 2.67 bits per heavy atom. The van der Waals surface area contributed by atoms with Crippen LogP contribution in [0.1, 0.15) is 31.5 Å². The molecule has 24 heavy (non-hydrogen) atoms. The van der Waals surface area contributed by atoms with Gasteiger partial charge in [-0.2, -0.15) is 5.10 Å². The summed E-state index contributed by atoms with van der Waals surface area (Å²) in [6.07, 6.45) is 0.297. The van der Waals surface area contributed by atoms with Gasteiger partial charge in [0.2, 0.25) is 0 Å². The summed E-state index contributed by atoms with van der Waals surface area (Å²) in [7, 11) is 0. The van der Waals surface area contributed by atoms with E-state index in [1.165, 1.54) is 0 Å². The third-order valence-corrected chi connectivity index (χ3v) is 3.67. The largest absolute Gasteiger partial charge is 0.393 e. The maximum Gasteiger partial charge on any atom is 0.320 e. The van der Waals surface area contributed by atoms with Crippen LogP contribution in [0.2, 0.25) is 0 Å². The SMILES string of the molecule is Cc1cc(NC(=O)NCC(C)CC(C)O)n(Cc2ccccc2)n1. The molecular formula is C18H26N4O2. The van der Waals surface area contributed by atoms with Crippen molar-refractivity contribution in [3.05, 3.63) is 47.7 Å². The number of carbonyl (C=O) groups is 1. The van der Waals surface area contributed by atoms with E-state index in [0.29, 0.717) is 25.3 Å². The molecule has 2 rings (SSSR count). The lowest BCUT2D eigenvalue weighted by Crippen LogP contribution is -2.33. The molecule has 6 nitrogen and oxygen atoms in total. The second-order valence-corrected chi connectivity index (χ2v) is 6.34. The first-order valence-corrected chi connectivity index (χ1v) is 8.25. The number of anilines is 1. The van der Waals surface area contributed by atoms with Crippen molar-refractivity contribution in [2.45, 2.75) is 39.8 Å². The van der Waals surface area contributed by atoms with Crippen LogP contribution < -0.4 is 10.6 Å². The van der Waals surface area contributed by atoms with Gasteiger partial charge < -0.3 is 10.4 Å². The van der Waals surface area contributed by atoms with E-state index < -0.39 is 0 Å². The van der Waals surface area contributed by atoms with Gasteiger partial charge in [-0.1, -0.05) is 37.3 Å². The predicted molar refractivity (Wildman–Crippen MR) is 95.0 cm³/mol. The van der Waals surface area contributed by atoms with Gasteiger partial charge in [0.1, 0.15) is 5.82 Å². The zero-order valence-corrected chi connectivity index (χ0v) is 14.5. The average Bonchev–Trinajstić information content (AvgIpc) is 2.85. The second-order valence-electron chi connectivity index (χ2n) is 6.34. The number of benzene rings is 1. The van der Waals surface area contributed by atoms with E-state index in [9.17, 15) is 9.90 Å². The fourth-order valence-corrected chi connectivity index (χ4v) is 2.62. The molecule has 2 aromatic rings. The summed E-state index contributed by atoms with van der Waals surface area (Å²) in [5.74, 6) is 0.878. The number of urea groups is 1. The van der Waals surface area contributed by atoms with Crippen LogP contribution in [0.5, 0.6) is 0 Å². The molecule has 0 bridgehead atoms. The number of aliphatic hydroxyl groups excluding tert-OH is 1. The van der Waals surface area contributed by atoms with Crippen LogP contribution in [0, 0.1) is 12.8 Å². The molecule has 6 heteroatoms. The zero-order chi connectivity index (χ0) is 17.5. The summed E-state index contributed by atoms with van der Waals surface area (Å²) in [6, 6.07) is 11.6. The molecule has 0 spiro atoms.